The monoisotopic (exact) mass is 267 g/mol. The Morgan fingerprint density at radius 3 is 2.72 bits per heavy atom. The molecule has 2 atom stereocenters. The van der Waals surface area contributed by atoms with Gasteiger partial charge in [-0.25, -0.2) is 15.8 Å². The zero-order valence-corrected chi connectivity index (χ0v) is 11.8. The first-order valence-corrected chi connectivity index (χ1v) is 7.63. The van der Waals surface area contributed by atoms with Gasteiger partial charge in [0.1, 0.15) is 17.5 Å². The van der Waals surface area contributed by atoms with Crippen LogP contribution in [0.15, 0.2) is 6.07 Å². The van der Waals surface area contributed by atoms with Crippen molar-refractivity contribution in [3.8, 4) is 0 Å². The van der Waals surface area contributed by atoms with Crippen LogP contribution in [0.1, 0.15) is 31.5 Å². The van der Waals surface area contributed by atoms with Crippen molar-refractivity contribution in [3.05, 3.63) is 11.9 Å². The van der Waals surface area contributed by atoms with Gasteiger partial charge in [0.2, 0.25) is 0 Å². The Morgan fingerprint density at radius 2 is 2.00 bits per heavy atom. The first-order chi connectivity index (χ1) is 8.72. The zero-order chi connectivity index (χ0) is 13.0. The van der Waals surface area contributed by atoms with Crippen LogP contribution in [0.3, 0.4) is 0 Å². The SMILES string of the molecule is CSC1CCCCC1Nc1cc(NN)nc(C)n1. The highest BCUT2D eigenvalue weighted by Crippen LogP contribution is 2.29. The zero-order valence-electron chi connectivity index (χ0n) is 10.9. The Hall–Kier alpha value is -1.01. The second kappa shape index (κ2) is 6.24. The summed E-state index contributed by atoms with van der Waals surface area (Å²) in [7, 11) is 0. The van der Waals surface area contributed by atoms with Crippen LogP contribution in [0.4, 0.5) is 11.6 Å². The lowest BCUT2D eigenvalue weighted by atomic mass is 9.95. The van der Waals surface area contributed by atoms with E-state index in [1.54, 1.807) is 0 Å². The van der Waals surface area contributed by atoms with Gasteiger partial charge in [-0.1, -0.05) is 12.8 Å². The van der Waals surface area contributed by atoms with E-state index in [4.69, 9.17) is 5.84 Å². The number of rotatable bonds is 4. The van der Waals surface area contributed by atoms with Crippen LogP contribution in [0.2, 0.25) is 0 Å². The molecule has 1 aromatic heterocycles. The van der Waals surface area contributed by atoms with Crippen molar-refractivity contribution in [1.29, 1.82) is 0 Å². The highest BCUT2D eigenvalue weighted by Gasteiger charge is 2.24. The summed E-state index contributed by atoms with van der Waals surface area (Å²) < 4.78 is 0. The van der Waals surface area contributed by atoms with Crippen molar-refractivity contribution >= 4 is 23.4 Å². The van der Waals surface area contributed by atoms with Crippen LogP contribution in [0.5, 0.6) is 0 Å². The standard InChI is InChI=1S/C12H21N5S/c1-8-14-11(7-12(15-8)17-13)16-9-5-3-4-6-10(9)18-2/h7,9-10H,3-6,13H2,1-2H3,(H2,14,15,16,17). The van der Waals surface area contributed by atoms with E-state index in [-0.39, 0.29) is 0 Å². The van der Waals surface area contributed by atoms with Gasteiger partial charge in [0.05, 0.1) is 0 Å². The maximum atomic E-state index is 5.40. The van der Waals surface area contributed by atoms with Gasteiger partial charge in [-0.15, -0.1) is 0 Å². The first-order valence-electron chi connectivity index (χ1n) is 6.34. The molecule has 2 unspecified atom stereocenters. The predicted octanol–water partition coefficient (Wildman–Crippen LogP) is 2.16. The molecule has 0 radical (unpaired) electrons. The Labute approximate surface area is 112 Å². The van der Waals surface area contributed by atoms with Gasteiger partial charge in [0, 0.05) is 17.4 Å². The van der Waals surface area contributed by atoms with Crippen LogP contribution in [0, 0.1) is 6.92 Å². The fraction of sp³-hybridized carbons (Fsp3) is 0.667. The molecule has 1 saturated carbocycles. The number of nitrogen functional groups attached to an aromatic ring is 1. The average molecular weight is 267 g/mol. The molecule has 4 N–H and O–H groups in total. The Balaban J connectivity index is 2.09. The first kappa shape index (κ1) is 13.4. The number of nitrogens with one attached hydrogen (secondary N) is 2. The van der Waals surface area contributed by atoms with Crippen molar-refractivity contribution in [2.24, 2.45) is 5.84 Å². The summed E-state index contributed by atoms with van der Waals surface area (Å²) in [6, 6.07) is 2.35. The third-order valence-corrected chi connectivity index (χ3v) is 4.49. The van der Waals surface area contributed by atoms with E-state index in [9.17, 15) is 0 Å². The molecule has 1 aliphatic carbocycles. The van der Waals surface area contributed by atoms with Gasteiger partial charge in [-0.2, -0.15) is 11.8 Å². The number of anilines is 2. The molecule has 1 fully saturated rings. The summed E-state index contributed by atoms with van der Waals surface area (Å²) in [5, 5.41) is 4.20. The fourth-order valence-electron chi connectivity index (χ4n) is 2.45. The van der Waals surface area contributed by atoms with E-state index in [2.05, 4.69) is 27.0 Å². The minimum absolute atomic E-state index is 0.494. The number of hydrogen-bond acceptors (Lipinski definition) is 6. The summed E-state index contributed by atoms with van der Waals surface area (Å²) in [6.07, 6.45) is 7.30. The quantitative estimate of drug-likeness (QED) is 0.573. The van der Waals surface area contributed by atoms with Crippen LogP contribution >= 0.6 is 11.8 Å². The predicted molar refractivity (Wildman–Crippen MR) is 77.8 cm³/mol. The third kappa shape index (κ3) is 3.26. The van der Waals surface area contributed by atoms with Gasteiger partial charge in [0.25, 0.3) is 0 Å². The topological polar surface area (TPSA) is 75.9 Å². The summed E-state index contributed by atoms with van der Waals surface area (Å²) in [6.45, 7) is 1.87. The highest BCUT2D eigenvalue weighted by atomic mass is 32.2. The van der Waals surface area contributed by atoms with Gasteiger partial charge in [0.15, 0.2) is 0 Å². The van der Waals surface area contributed by atoms with Crippen LogP contribution < -0.4 is 16.6 Å². The lowest BCUT2D eigenvalue weighted by molar-refractivity contribution is 0.474. The molecule has 1 heterocycles. The number of hydrazine groups is 1. The second-order valence-electron chi connectivity index (χ2n) is 4.64. The lowest BCUT2D eigenvalue weighted by Gasteiger charge is -2.31. The third-order valence-electron chi connectivity index (χ3n) is 3.32. The molecule has 18 heavy (non-hydrogen) atoms. The van der Waals surface area contributed by atoms with Crippen molar-refractivity contribution in [2.45, 2.75) is 43.9 Å². The Morgan fingerprint density at radius 1 is 1.28 bits per heavy atom. The van der Waals surface area contributed by atoms with E-state index in [0.29, 0.717) is 17.1 Å². The maximum Gasteiger partial charge on any atom is 0.145 e. The van der Waals surface area contributed by atoms with Crippen molar-refractivity contribution < 1.29 is 0 Å². The van der Waals surface area contributed by atoms with Crippen LogP contribution in [-0.2, 0) is 0 Å². The van der Waals surface area contributed by atoms with Crippen molar-refractivity contribution in [3.63, 3.8) is 0 Å². The van der Waals surface area contributed by atoms with E-state index < -0.39 is 0 Å². The molecule has 0 spiro atoms. The molecule has 5 nitrogen and oxygen atoms in total. The summed E-state index contributed by atoms with van der Waals surface area (Å²) in [5.41, 5.74) is 2.57. The van der Waals surface area contributed by atoms with Crippen molar-refractivity contribution in [2.75, 3.05) is 17.0 Å². The number of hydrogen-bond donors (Lipinski definition) is 3. The number of nitrogens with zero attached hydrogens (tertiary/aromatic N) is 2. The number of aryl methyl sites for hydroxylation is 1. The number of aromatic nitrogens is 2. The molecular formula is C12H21N5S. The fourth-order valence-corrected chi connectivity index (χ4v) is 3.38. The van der Waals surface area contributed by atoms with E-state index in [1.807, 2.05) is 24.8 Å². The van der Waals surface area contributed by atoms with E-state index in [1.165, 1.54) is 25.7 Å². The Kier molecular flexibility index (Phi) is 4.66. The Bertz CT molecular complexity index is 398. The molecule has 0 bridgehead atoms. The van der Waals surface area contributed by atoms with Crippen molar-refractivity contribution in [1.82, 2.24) is 9.97 Å². The maximum absolute atomic E-state index is 5.40. The molecule has 0 amide bonds. The summed E-state index contributed by atoms with van der Waals surface area (Å²) in [5.74, 6) is 7.64. The van der Waals surface area contributed by atoms with Gasteiger partial charge < -0.3 is 10.7 Å². The molecular weight excluding hydrogens is 246 g/mol. The highest BCUT2D eigenvalue weighted by molar-refractivity contribution is 7.99. The summed E-state index contributed by atoms with van der Waals surface area (Å²) >= 11 is 1.94. The number of thioether (sulfide) groups is 1. The molecule has 0 saturated heterocycles. The molecule has 0 aliphatic heterocycles. The lowest BCUT2D eigenvalue weighted by Crippen LogP contribution is -2.34. The second-order valence-corrected chi connectivity index (χ2v) is 5.72. The molecule has 6 heteroatoms. The van der Waals surface area contributed by atoms with Gasteiger partial charge in [-0.3, -0.25) is 0 Å². The van der Waals surface area contributed by atoms with Crippen LogP contribution in [0.25, 0.3) is 0 Å². The summed E-state index contributed by atoms with van der Waals surface area (Å²) in [4.78, 5) is 8.61. The average Bonchev–Trinajstić information content (AvgIpc) is 2.38. The normalized spacial score (nSPS) is 23.7. The smallest absolute Gasteiger partial charge is 0.145 e. The minimum Gasteiger partial charge on any atom is -0.366 e. The largest absolute Gasteiger partial charge is 0.366 e. The van der Waals surface area contributed by atoms with Crippen LogP contribution in [-0.4, -0.2) is 27.5 Å². The molecule has 1 aliphatic rings. The molecule has 100 valence electrons. The molecule has 2 rings (SSSR count). The van der Waals surface area contributed by atoms with E-state index >= 15 is 0 Å². The van der Waals surface area contributed by atoms with Gasteiger partial charge >= 0.3 is 0 Å². The van der Waals surface area contributed by atoms with Gasteiger partial charge in [-0.05, 0) is 26.0 Å². The minimum atomic E-state index is 0.494. The van der Waals surface area contributed by atoms with E-state index in [0.717, 1.165) is 11.6 Å². The molecule has 0 aromatic carbocycles. The molecule has 1 aromatic rings. The number of nitrogens with two attached hydrogens (primary N) is 1.